The van der Waals surface area contributed by atoms with Crippen LogP contribution >= 0.6 is 0 Å². The van der Waals surface area contributed by atoms with Gasteiger partial charge in [-0.2, -0.15) is 0 Å². The SMILES string of the molecule is CNC1C(=O)N(Cc2nnco2)CCc2ncoc21. The molecule has 3 heterocycles. The van der Waals surface area contributed by atoms with Gasteiger partial charge in [0.2, 0.25) is 18.2 Å². The van der Waals surface area contributed by atoms with Crippen LogP contribution in [0.2, 0.25) is 0 Å². The Morgan fingerprint density at radius 3 is 3.11 bits per heavy atom. The molecule has 1 aliphatic rings. The van der Waals surface area contributed by atoms with Crippen molar-refractivity contribution in [2.75, 3.05) is 13.6 Å². The normalized spacial score (nSPS) is 19.3. The van der Waals surface area contributed by atoms with Gasteiger partial charge >= 0.3 is 0 Å². The minimum atomic E-state index is -0.525. The third-order valence-corrected chi connectivity index (χ3v) is 3.13. The van der Waals surface area contributed by atoms with Crippen molar-refractivity contribution >= 4 is 5.91 Å². The molecule has 19 heavy (non-hydrogen) atoms. The molecule has 100 valence electrons. The lowest BCUT2D eigenvalue weighted by Crippen LogP contribution is -2.38. The molecule has 0 saturated heterocycles. The average Bonchev–Trinajstić information content (AvgIpc) is 3.04. The summed E-state index contributed by atoms with van der Waals surface area (Å²) < 4.78 is 10.4. The molecule has 1 atom stereocenters. The highest BCUT2D eigenvalue weighted by Gasteiger charge is 2.33. The van der Waals surface area contributed by atoms with Crippen LogP contribution in [0.25, 0.3) is 0 Å². The predicted molar refractivity (Wildman–Crippen MR) is 61.7 cm³/mol. The molecule has 0 fully saturated rings. The monoisotopic (exact) mass is 263 g/mol. The zero-order chi connectivity index (χ0) is 13.2. The molecular weight excluding hydrogens is 250 g/mol. The van der Waals surface area contributed by atoms with Crippen LogP contribution in [0.4, 0.5) is 0 Å². The summed E-state index contributed by atoms with van der Waals surface area (Å²) in [4.78, 5) is 18.3. The first-order valence-corrected chi connectivity index (χ1v) is 5.93. The average molecular weight is 263 g/mol. The lowest BCUT2D eigenvalue weighted by atomic mass is 10.1. The molecule has 0 radical (unpaired) electrons. The van der Waals surface area contributed by atoms with Gasteiger partial charge in [0.15, 0.2) is 12.2 Å². The summed E-state index contributed by atoms with van der Waals surface area (Å²) in [6, 6.07) is -0.525. The van der Waals surface area contributed by atoms with Gasteiger partial charge in [0, 0.05) is 13.0 Å². The third kappa shape index (κ3) is 2.10. The molecule has 8 nitrogen and oxygen atoms in total. The maximum Gasteiger partial charge on any atom is 0.248 e. The molecule has 0 spiro atoms. The number of hydrogen-bond donors (Lipinski definition) is 1. The van der Waals surface area contributed by atoms with Gasteiger partial charge in [-0.25, -0.2) is 4.98 Å². The van der Waals surface area contributed by atoms with Crippen LogP contribution in [0, 0.1) is 0 Å². The van der Waals surface area contributed by atoms with Gasteiger partial charge in [-0.15, -0.1) is 10.2 Å². The lowest BCUT2D eigenvalue weighted by Gasteiger charge is -2.22. The standard InChI is InChI=1S/C11H13N5O3/c1-12-9-10-7(13-5-19-10)2-3-16(11(9)17)4-8-15-14-6-18-8/h5-6,9,12H,2-4H2,1H3. The zero-order valence-corrected chi connectivity index (χ0v) is 10.4. The first kappa shape index (κ1) is 11.8. The van der Waals surface area contributed by atoms with Crippen molar-refractivity contribution in [1.29, 1.82) is 0 Å². The minimum absolute atomic E-state index is 0.0869. The molecule has 0 bridgehead atoms. The highest BCUT2D eigenvalue weighted by Crippen LogP contribution is 2.24. The van der Waals surface area contributed by atoms with Crippen LogP contribution < -0.4 is 5.32 Å². The van der Waals surface area contributed by atoms with Crippen LogP contribution in [0.3, 0.4) is 0 Å². The first-order chi connectivity index (χ1) is 9.29. The Morgan fingerprint density at radius 1 is 1.47 bits per heavy atom. The number of carbonyl (C=O) groups excluding carboxylic acids is 1. The largest absolute Gasteiger partial charge is 0.446 e. The second-order valence-corrected chi connectivity index (χ2v) is 4.23. The van der Waals surface area contributed by atoms with Crippen LogP contribution in [-0.2, 0) is 17.8 Å². The second-order valence-electron chi connectivity index (χ2n) is 4.23. The van der Waals surface area contributed by atoms with Crippen LogP contribution in [0.15, 0.2) is 21.6 Å². The summed E-state index contributed by atoms with van der Waals surface area (Å²) >= 11 is 0. The van der Waals surface area contributed by atoms with E-state index in [1.165, 1.54) is 12.8 Å². The van der Waals surface area contributed by atoms with E-state index in [0.29, 0.717) is 31.2 Å². The molecule has 1 aliphatic heterocycles. The number of fused-ring (bicyclic) bond motifs is 1. The molecule has 3 rings (SSSR count). The van der Waals surface area contributed by atoms with Gasteiger partial charge < -0.3 is 19.1 Å². The minimum Gasteiger partial charge on any atom is -0.446 e. The fourth-order valence-corrected chi connectivity index (χ4v) is 2.19. The van der Waals surface area contributed by atoms with Crippen molar-refractivity contribution in [2.24, 2.45) is 0 Å². The van der Waals surface area contributed by atoms with Crippen molar-refractivity contribution in [3.63, 3.8) is 0 Å². The number of carbonyl (C=O) groups is 1. The van der Waals surface area contributed by atoms with Gasteiger partial charge in [-0.1, -0.05) is 0 Å². The quantitative estimate of drug-likeness (QED) is 0.825. The Kier molecular flexibility index (Phi) is 3.00. The molecule has 1 amide bonds. The zero-order valence-electron chi connectivity index (χ0n) is 10.4. The van der Waals surface area contributed by atoms with Crippen LogP contribution in [0.1, 0.15) is 23.4 Å². The molecule has 8 heteroatoms. The number of nitrogens with one attached hydrogen (secondary N) is 1. The van der Waals surface area contributed by atoms with Crippen molar-refractivity contribution in [1.82, 2.24) is 25.4 Å². The van der Waals surface area contributed by atoms with Gasteiger partial charge in [-0.05, 0) is 7.05 Å². The number of hydrogen-bond acceptors (Lipinski definition) is 7. The molecule has 1 N–H and O–H groups in total. The van der Waals surface area contributed by atoms with Crippen molar-refractivity contribution in [3.05, 3.63) is 30.1 Å². The molecule has 0 saturated carbocycles. The number of likely N-dealkylation sites (N-methyl/N-ethyl adjacent to an activating group) is 1. The predicted octanol–water partition coefficient (Wildman–Crippen LogP) is -0.0970. The maximum absolute atomic E-state index is 12.4. The number of oxazole rings is 1. The topological polar surface area (TPSA) is 97.3 Å². The molecular formula is C11H13N5O3. The van der Waals surface area contributed by atoms with Gasteiger partial charge in [-0.3, -0.25) is 4.79 Å². The van der Waals surface area contributed by atoms with E-state index in [4.69, 9.17) is 8.83 Å². The van der Waals surface area contributed by atoms with E-state index in [1.807, 2.05) is 0 Å². The Bertz CT molecular complexity index is 565. The van der Waals surface area contributed by atoms with E-state index in [9.17, 15) is 4.79 Å². The fourth-order valence-electron chi connectivity index (χ4n) is 2.19. The summed E-state index contributed by atoms with van der Waals surface area (Å²) in [5.41, 5.74) is 0.806. The number of aromatic nitrogens is 3. The highest BCUT2D eigenvalue weighted by molar-refractivity contribution is 5.83. The summed E-state index contributed by atoms with van der Waals surface area (Å²) in [7, 11) is 1.71. The smallest absolute Gasteiger partial charge is 0.248 e. The van der Waals surface area contributed by atoms with Gasteiger partial charge in [0.1, 0.15) is 6.04 Å². The van der Waals surface area contributed by atoms with E-state index in [0.717, 1.165) is 5.69 Å². The summed E-state index contributed by atoms with van der Waals surface area (Å²) in [6.07, 6.45) is 3.26. The van der Waals surface area contributed by atoms with Gasteiger partial charge in [0.05, 0.1) is 12.2 Å². The van der Waals surface area contributed by atoms with Crippen LogP contribution in [0.5, 0.6) is 0 Å². The fraction of sp³-hybridized carbons (Fsp3) is 0.455. The Morgan fingerprint density at radius 2 is 2.37 bits per heavy atom. The highest BCUT2D eigenvalue weighted by atomic mass is 16.4. The Balaban J connectivity index is 1.85. The van der Waals surface area contributed by atoms with E-state index in [-0.39, 0.29) is 5.91 Å². The summed E-state index contributed by atoms with van der Waals surface area (Å²) in [5.74, 6) is 0.909. The van der Waals surface area contributed by atoms with E-state index in [1.54, 1.807) is 11.9 Å². The summed E-state index contributed by atoms with van der Waals surface area (Å²) in [5, 5.41) is 10.4. The lowest BCUT2D eigenvalue weighted by molar-refractivity contribution is -0.134. The van der Waals surface area contributed by atoms with E-state index in [2.05, 4.69) is 20.5 Å². The van der Waals surface area contributed by atoms with Gasteiger partial charge in [0.25, 0.3) is 0 Å². The Hall–Kier alpha value is -2.22. The maximum atomic E-state index is 12.4. The van der Waals surface area contributed by atoms with Crippen molar-refractivity contribution in [3.8, 4) is 0 Å². The van der Waals surface area contributed by atoms with E-state index < -0.39 is 6.04 Å². The molecule has 0 aromatic carbocycles. The van der Waals surface area contributed by atoms with Crippen molar-refractivity contribution < 1.29 is 13.6 Å². The van der Waals surface area contributed by atoms with Crippen LogP contribution in [-0.4, -0.2) is 39.6 Å². The number of amides is 1. The number of rotatable bonds is 3. The molecule has 2 aromatic rings. The molecule has 0 aliphatic carbocycles. The molecule has 1 unspecified atom stereocenters. The number of nitrogens with zero attached hydrogens (tertiary/aromatic N) is 4. The third-order valence-electron chi connectivity index (χ3n) is 3.13. The second kappa shape index (κ2) is 4.81. The summed E-state index contributed by atoms with van der Waals surface area (Å²) in [6.45, 7) is 0.834. The van der Waals surface area contributed by atoms with E-state index >= 15 is 0 Å². The molecule has 2 aromatic heterocycles. The Labute approximate surface area is 108 Å². The first-order valence-electron chi connectivity index (χ1n) is 5.93. The van der Waals surface area contributed by atoms with Crippen molar-refractivity contribution in [2.45, 2.75) is 19.0 Å².